The smallest absolute Gasteiger partial charge is 0.0808 e. The first-order valence-corrected chi connectivity index (χ1v) is 4.31. The van der Waals surface area contributed by atoms with Crippen LogP contribution in [0, 0.1) is 5.92 Å². The molecule has 3 nitrogen and oxygen atoms in total. The molecule has 2 rings (SSSR count). The quantitative estimate of drug-likeness (QED) is 0.732. The number of rotatable bonds is 3. The molecule has 0 radical (unpaired) electrons. The van der Waals surface area contributed by atoms with Gasteiger partial charge in [0.15, 0.2) is 0 Å². The van der Waals surface area contributed by atoms with Crippen LogP contribution in [0.5, 0.6) is 0 Å². The van der Waals surface area contributed by atoms with Crippen LogP contribution in [0.2, 0.25) is 0 Å². The van der Waals surface area contributed by atoms with E-state index in [1.165, 1.54) is 12.8 Å². The fourth-order valence-corrected chi connectivity index (χ4v) is 1.30. The molecule has 1 fully saturated rings. The zero-order valence-corrected chi connectivity index (χ0v) is 6.85. The maximum atomic E-state index is 9.66. The maximum Gasteiger partial charge on any atom is 0.0808 e. The Labute approximate surface area is 71.5 Å². The number of aromatic nitrogens is 2. The van der Waals surface area contributed by atoms with Crippen molar-refractivity contribution >= 4 is 0 Å². The molecule has 64 valence electrons. The van der Waals surface area contributed by atoms with Crippen molar-refractivity contribution in [3.63, 3.8) is 0 Å². The van der Waals surface area contributed by atoms with Crippen molar-refractivity contribution in [1.29, 1.82) is 0 Å². The van der Waals surface area contributed by atoms with Gasteiger partial charge >= 0.3 is 0 Å². The summed E-state index contributed by atoms with van der Waals surface area (Å²) >= 11 is 0. The zero-order chi connectivity index (χ0) is 8.39. The van der Waals surface area contributed by atoms with E-state index in [0.29, 0.717) is 0 Å². The summed E-state index contributed by atoms with van der Waals surface area (Å²) in [6.07, 6.45) is 6.34. The van der Waals surface area contributed by atoms with Crippen molar-refractivity contribution in [3.8, 4) is 0 Å². The topological polar surface area (TPSA) is 46.0 Å². The normalized spacial score (nSPS) is 19.1. The largest absolute Gasteiger partial charge is 0.388 e. The lowest BCUT2D eigenvalue weighted by molar-refractivity contribution is 0.160. The van der Waals surface area contributed by atoms with Gasteiger partial charge in [0.1, 0.15) is 0 Å². The first-order valence-electron chi connectivity index (χ1n) is 4.31. The fraction of sp³-hybridized carbons (Fsp3) is 0.556. The summed E-state index contributed by atoms with van der Waals surface area (Å²) in [6.45, 7) is 0. The van der Waals surface area contributed by atoms with Crippen molar-refractivity contribution in [1.82, 2.24) is 10.2 Å². The van der Waals surface area contributed by atoms with Crippen LogP contribution in [-0.4, -0.2) is 15.3 Å². The van der Waals surface area contributed by atoms with Gasteiger partial charge in [0.25, 0.3) is 0 Å². The SMILES string of the molecule is OC(CC1CC1)c1ccnnc1. The molecular weight excluding hydrogens is 152 g/mol. The van der Waals surface area contributed by atoms with Crippen molar-refractivity contribution in [3.05, 3.63) is 24.0 Å². The minimum atomic E-state index is -0.340. The Bertz CT molecular complexity index is 246. The fourth-order valence-electron chi connectivity index (χ4n) is 1.30. The van der Waals surface area contributed by atoms with Crippen LogP contribution >= 0.6 is 0 Å². The average molecular weight is 164 g/mol. The van der Waals surface area contributed by atoms with E-state index in [4.69, 9.17) is 0 Å². The molecule has 1 heterocycles. The molecule has 12 heavy (non-hydrogen) atoms. The third kappa shape index (κ3) is 1.80. The Morgan fingerprint density at radius 1 is 1.50 bits per heavy atom. The number of hydrogen-bond donors (Lipinski definition) is 1. The molecule has 1 aliphatic rings. The van der Waals surface area contributed by atoms with Crippen molar-refractivity contribution < 1.29 is 5.11 Å². The van der Waals surface area contributed by atoms with Gasteiger partial charge in [-0.3, -0.25) is 0 Å². The van der Waals surface area contributed by atoms with Crippen molar-refractivity contribution in [2.24, 2.45) is 5.92 Å². The van der Waals surface area contributed by atoms with Gasteiger partial charge in [0.2, 0.25) is 0 Å². The van der Waals surface area contributed by atoms with E-state index in [9.17, 15) is 5.11 Å². The van der Waals surface area contributed by atoms with E-state index < -0.39 is 0 Å². The molecule has 3 heteroatoms. The van der Waals surface area contributed by atoms with Crippen LogP contribution in [0.15, 0.2) is 18.5 Å². The summed E-state index contributed by atoms with van der Waals surface area (Å²) in [5.74, 6) is 0.744. The van der Waals surface area contributed by atoms with Gasteiger partial charge in [-0.1, -0.05) is 12.8 Å². The van der Waals surface area contributed by atoms with Gasteiger partial charge in [-0.2, -0.15) is 10.2 Å². The van der Waals surface area contributed by atoms with E-state index in [-0.39, 0.29) is 6.10 Å². The molecule has 1 N–H and O–H groups in total. The van der Waals surface area contributed by atoms with Crippen LogP contribution in [0.4, 0.5) is 0 Å². The predicted molar refractivity (Wildman–Crippen MR) is 44.3 cm³/mol. The van der Waals surface area contributed by atoms with E-state index >= 15 is 0 Å². The van der Waals surface area contributed by atoms with E-state index in [2.05, 4.69) is 10.2 Å². The highest BCUT2D eigenvalue weighted by Gasteiger charge is 2.25. The molecule has 0 aromatic carbocycles. The Morgan fingerprint density at radius 2 is 2.33 bits per heavy atom. The van der Waals surface area contributed by atoms with Crippen molar-refractivity contribution in [2.45, 2.75) is 25.4 Å². The van der Waals surface area contributed by atoms with Gasteiger partial charge in [0, 0.05) is 11.8 Å². The molecule has 1 aromatic heterocycles. The van der Waals surface area contributed by atoms with Gasteiger partial charge in [0.05, 0.1) is 12.3 Å². The Balaban J connectivity index is 1.98. The first kappa shape index (κ1) is 7.68. The highest BCUT2D eigenvalue weighted by atomic mass is 16.3. The average Bonchev–Trinajstić information content (AvgIpc) is 2.90. The molecule has 1 unspecified atom stereocenters. The summed E-state index contributed by atoms with van der Waals surface area (Å²) < 4.78 is 0. The van der Waals surface area contributed by atoms with Crippen LogP contribution < -0.4 is 0 Å². The Kier molecular flexibility index (Phi) is 2.04. The van der Waals surface area contributed by atoms with E-state index in [1.54, 1.807) is 12.4 Å². The lowest BCUT2D eigenvalue weighted by Crippen LogP contribution is -1.99. The summed E-state index contributed by atoms with van der Waals surface area (Å²) in [6, 6.07) is 1.82. The molecule has 1 aromatic rings. The molecule has 0 saturated heterocycles. The molecule has 1 atom stereocenters. The third-order valence-electron chi connectivity index (χ3n) is 2.25. The van der Waals surface area contributed by atoms with Gasteiger partial charge < -0.3 is 5.11 Å². The van der Waals surface area contributed by atoms with Crippen LogP contribution in [0.1, 0.15) is 30.9 Å². The monoisotopic (exact) mass is 164 g/mol. The summed E-state index contributed by atoms with van der Waals surface area (Å²) in [5, 5.41) is 17.0. The molecule has 0 aliphatic heterocycles. The third-order valence-corrected chi connectivity index (χ3v) is 2.25. The Morgan fingerprint density at radius 3 is 2.92 bits per heavy atom. The Hall–Kier alpha value is -0.960. The predicted octanol–water partition coefficient (Wildman–Crippen LogP) is 1.31. The summed E-state index contributed by atoms with van der Waals surface area (Å²) in [4.78, 5) is 0. The van der Waals surface area contributed by atoms with Crippen LogP contribution in [0.3, 0.4) is 0 Å². The molecule has 0 amide bonds. The van der Waals surface area contributed by atoms with Gasteiger partial charge in [-0.05, 0) is 18.4 Å². The second-order valence-electron chi connectivity index (χ2n) is 3.37. The van der Waals surface area contributed by atoms with Gasteiger partial charge in [-0.15, -0.1) is 0 Å². The lowest BCUT2D eigenvalue weighted by Gasteiger charge is -2.07. The lowest BCUT2D eigenvalue weighted by atomic mass is 10.1. The number of aliphatic hydroxyl groups excluding tert-OH is 1. The maximum absolute atomic E-state index is 9.66. The van der Waals surface area contributed by atoms with E-state index in [0.717, 1.165) is 17.9 Å². The number of hydrogen-bond acceptors (Lipinski definition) is 3. The minimum Gasteiger partial charge on any atom is -0.388 e. The first-order chi connectivity index (χ1) is 5.86. The summed E-state index contributed by atoms with van der Waals surface area (Å²) in [5.41, 5.74) is 0.886. The van der Waals surface area contributed by atoms with Crippen LogP contribution in [-0.2, 0) is 0 Å². The molecular formula is C9H12N2O. The number of nitrogens with zero attached hydrogens (tertiary/aromatic N) is 2. The van der Waals surface area contributed by atoms with Crippen molar-refractivity contribution in [2.75, 3.05) is 0 Å². The zero-order valence-electron chi connectivity index (χ0n) is 6.85. The van der Waals surface area contributed by atoms with Gasteiger partial charge in [-0.25, -0.2) is 0 Å². The highest BCUT2D eigenvalue weighted by Crippen LogP contribution is 2.37. The standard InChI is InChI=1S/C9H12N2O/c12-9(5-7-1-2-7)8-3-4-10-11-6-8/h3-4,6-7,9,12H,1-2,5H2. The molecule has 1 saturated carbocycles. The second-order valence-corrected chi connectivity index (χ2v) is 3.37. The highest BCUT2D eigenvalue weighted by molar-refractivity contribution is 5.09. The van der Waals surface area contributed by atoms with E-state index in [1.807, 2.05) is 6.07 Å². The molecule has 0 bridgehead atoms. The summed E-state index contributed by atoms with van der Waals surface area (Å²) in [7, 11) is 0. The second kappa shape index (κ2) is 3.19. The molecule has 0 spiro atoms. The van der Waals surface area contributed by atoms with Crippen LogP contribution in [0.25, 0.3) is 0 Å². The minimum absolute atomic E-state index is 0.340. The number of aliphatic hydroxyl groups is 1. The molecule has 1 aliphatic carbocycles.